The maximum absolute atomic E-state index is 12.2. The van der Waals surface area contributed by atoms with E-state index in [1.54, 1.807) is 4.90 Å². The highest BCUT2D eigenvalue weighted by Gasteiger charge is 2.23. The van der Waals surface area contributed by atoms with Crippen LogP contribution in [0.5, 0.6) is 0 Å². The van der Waals surface area contributed by atoms with Gasteiger partial charge in [0.15, 0.2) is 0 Å². The summed E-state index contributed by atoms with van der Waals surface area (Å²) in [4.78, 5) is 15.1. The lowest BCUT2D eigenvalue weighted by atomic mass is 10.0. The summed E-state index contributed by atoms with van der Waals surface area (Å²) in [6, 6.07) is 10.1. The van der Waals surface area contributed by atoms with Crippen molar-refractivity contribution in [3.8, 4) is 6.07 Å². The van der Waals surface area contributed by atoms with E-state index < -0.39 is 0 Å². The van der Waals surface area contributed by atoms with Gasteiger partial charge in [-0.2, -0.15) is 5.26 Å². The van der Waals surface area contributed by atoms with Gasteiger partial charge in [0.1, 0.15) is 0 Å². The van der Waals surface area contributed by atoms with Crippen LogP contribution in [0, 0.1) is 17.2 Å². The number of likely N-dealkylation sites (tertiary alicyclic amines) is 1. The Morgan fingerprint density at radius 2 is 2.24 bits per heavy atom. The van der Waals surface area contributed by atoms with E-state index in [9.17, 15) is 4.79 Å². The highest BCUT2D eigenvalue weighted by atomic mass is 32.2. The first kappa shape index (κ1) is 15.7. The van der Waals surface area contributed by atoms with Crippen molar-refractivity contribution >= 4 is 23.5 Å². The Morgan fingerprint density at radius 1 is 1.48 bits per heavy atom. The van der Waals surface area contributed by atoms with Crippen LogP contribution in [0.15, 0.2) is 29.2 Å². The van der Waals surface area contributed by atoms with Crippen molar-refractivity contribution in [3.05, 3.63) is 24.3 Å². The lowest BCUT2D eigenvalue weighted by Gasteiger charge is -2.29. The summed E-state index contributed by atoms with van der Waals surface area (Å²) in [5, 5.41) is 11.9. The molecular weight excluding hydrogens is 282 g/mol. The third-order valence-corrected chi connectivity index (χ3v) is 4.69. The number of nitrogens with zero attached hydrogens (tertiary/aromatic N) is 2. The molecule has 112 valence electrons. The molecule has 0 aromatic heterocycles. The second kappa shape index (κ2) is 7.94. The number of hydrogen-bond donors (Lipinski definition) is 1. The first-order valence-corrected chi connectivity index (χ1v) is 8.40. The number of piperidine rings is 1. The molecule has 1 aromatic carbocycles. The fourth-order valence-corrected chi connectivity index (χ4v) is 3.09. The zero-order chi connectivity index (χ0) is 15.1. The van der Waals surface area contributed by atoms with E-state index >= 15 is 0 Å². The van der Waals surface area contributed by atoms with Crippen molar-refractivity contribution in [3.63, 3.8) is 0 Å². The lowest BCUT2D eigenvalue weighted by Crippen LogP contribution is -2.42. The van der Waals surface area contributed by atoms with Crippen molar-refractivity contribution in [2.24, 2.45) is 5.92 Å². The number of carbonyl (C=O) groups is 1. The minimum Gasteiger partial charge on any atom is -0.323 e. The number of thioether (sulfide) groups is 1. The standard InChI is InChI=1S/C16H21N3OS/c1-2-10-21-15-7-5-14(6-8-15)18-16(20)19-9-3-4-13(11-17)12-19/h5-8,13H,2-4,9-10,12H2,1H3,(H,18,20)/t13-/m1/s1. The van der Waals surface area contributed by atoms with Crippen LogP contribution in [-0.4, -0.2) is 29.8 Å². The molecule has 1 aromatic rings. The lowest BCUT2D eigenvalue weighted by molar-refractivity contribution is 0.189. The number of anilines is 1. The monoisotopic (exact) mass is 303 g/mol. The van der Waals surface area contributed by atoms with Crippen LogP contribution in [0.4, 0.5) is 10.5 Å². The highest BCUT2D eigenvalue weighted by molar-refractivity contribution is 7.99. The van der Waals surface area contributed by atoms with Crippen LogP contribution in [0.3, 0.4) is 0 Å². The first-order valence-electron chi connectivity index (χ1n) is 7.41. The van der Waals surface area contributed by atoms with Gasteiger partial charge in [0.25, 0.3) is 0 Å². The zero-order valence-corrected chi connectivity index (χ0v) is 13.2. The molecule has 2 rings (SSSR count). The molecule has 1 aliphatic heterocycles. The molecule has 4 nitrogen and oxygen atoms in total. The number of nitriles is 1. The quantitative estimate of drug-likeness (QED) is 0.857. The Morgan fingerprint density at radius 3 is 2.90 bits per heavy atom. The second-order valence-corrected chi connectivity index (χ2v) is 6.39. The largest absolute Gasteiger partial charge is 0.323 e. The van der Waals surface area contributed by atoms with Gasteiger partial charge < -0.3 is 10.2 Å². The SMILES string of the molecule is CCCSc1ccc(NC(=O)N2CCC[C@H](C#N)C2)cc1. The summed E-state index contributed by atoms with van der Waals surface area (Å²) in [7, 11) is 0. The molecule has 0 aliphatic carbocycles. The number of amides is 2. The van der Waals surface area contributed by atoms with Gasteiger partial charge in [0.2, 0.25) is 0 Å². The van der Waals surface area contributed by atoms with Gasteiger partial charge in [-0.25, -0.2) is 4.79 Å². The van der Waals surface area contributed by atoms with E-state index in [2.05, 4.69) is 18.3 Å². The predicted octanol–water partition coefficient (Wildman–Crippen LogP) is 3.96. The van der Waals surface area contributed by atoms with E-state index in [1.165, 1.54) is 4.90 Å². The molecule has 1 atom stereocenters. The van der Waals surface area contributed by atoms with Crippen molar-refractivity contribution in [2.75, 3.05) is 24.2 Å². The van der Waals surface area contributed by atoms with Gasteiger partial charge in [0.05, 0.1) is 12.0 Å². The molecule has 0 spiro atoms. The number of urea groups is 1. The van der Waals surface area contributed by atoms with Crippen LogP contribution in [0.25, 0.3) is 0 Å². The molecule has 0 bridgehead atoms. The average molecular weight is 303 g/mol. The summed E-state index contributed by atoms with van der Waals surface area (Å²) in [6.45, 7) is 3.43. The topological polar surface area (TPSA) is 56.1 Å². The smallest absolute Gasteiger partial charge is 0.321 e. The van der Waals surface area contributed by atoms with Crippen molar-refractivity contribution in [1.82, 2.24) is 4.90 Å². The number of carbonyl (C=O) groups excluding carboxylic acids is 1. The zero-order valence-electron chi connectivity index (χ0n) is 12.3. The van der Waals surface area contributed by atoms with E-state index in [0.717, 1.165) is 37.2 Å². The molecule has 21 heavy (non-hydrogen) atoms. The van der Waals surface area contributed by atoms with Crippen molar-refractivity contribution in [1.29, 1.82) is 5.26 Å². The van der Waals surface area contributed by atoms with Gasteiger partial charge in [0, 0.05) is 23.7 Å². The maximum atomic E-state index is 12.2. The van der Waals surface area contributed by atoms with Crippen molar-refractivity contribution in [2.45, 2.75) is 31.1 Å². The van der Waals surface area contributed by atoms with Gasteiger partial charge >= 0.3 is 6.03 Å². The Bertz CT molecular complexity index is 509. The van der Waals surface area contributed by atoms with Gasteiger partial charge in [-0.1, -0.05) is 6.92 Å². The van der Waals surface area contributed by atoms with Crippen LogP contribution in [-0.2, 0) is 0 Å². The number of nitrogens with one attached hydrogen (secondary N) is 1. The maximum Gasteiger partial charge on any atom is 0.321 e. The van der Waals surface area contributed by atoms with Crippen LogP contribution >= 0.6 is 11.8 Å². The fourth-order valence-electron chi connectivity index (χ4n) is 2.32. The van der Waals surface area contributed by atoms with Crippen LogP contribution in [0.2, 0.25) is 0 Å². The van der Waals surface area contributed by atoms with E-state index in [-0.39, 0.29) is 11.9 Å². The van der Waals surface area contributed by atoms with E-state index in [0.29, 0.717) is 6.54 Å². The molecule has 5 heteroatoms. The molecule has 1 heterocycles. The van der Waals surface area contributed by atoms with Crippen molar-refractivity contribution < 1.29 is 4.79 Å². The normalized spacial score (nSPS) is 18.1. The Kier molecular flexibility index (Phi) is 5.94. The molecule has 0 unspecified atom stereocenters. The summed E-state index contributed by atoms with van der Waals surface area (Å²) in [5.41, 5.74) is 0.805. The Balaban J connectivity index is 1.88. The molecule has 1 aliphatic rings. The molecule has 1 saturated heterocycles. The number of benzene rings is 1. The summed E-state index contributed by atoms with van der Waals surface area (Å²) < 4.78 is 0. The molecule has 0 radical (unpaired) electrons. The highest BCUT2D eigenvalue weighted by Crippen LogP contribution is 2.22. The Labute approximate surface area is 130 Å². The number of hydrogen-bond acceptors (Lipinski definition) is 3. The third kappa shape index (κ3) is 4.68. The minimum atomic E-state index is -0.107. The van der Waals surface area contributed by atoms with E-state index in [4.69, 9.17) is 5.26 Å². The van der Waals surface area contributed by atoms with E-state index in [1.807, 2.05) is 36.0 Å². The molecule has 1 fully saturated rings. The summed E-state index contributed by atoms with van der Waals surface area (Å²) in [6.07, 6.45) is 2.94. The third-order valence-electron chi connectivity index (χ3n) is 3.47. The minimum absolute atomic E-state index is 0.0303. The Hall–Kier alpha value is -1.67. The second-order valence-electron chi connectivity index (χ2n) is 5.22. The summed E-state index contributed by atoms with van der Waals surface area (Å²) in [5.74, 6) is 1.08. The fraction of sp³-hybridized carbons (Fsp3) is 0.500. The molecule has 2 amide bonds. The molecule has 0 saturated carbocycles. The van der Waals surface area contributed by atoms with Gasteiger partial charge in [-0.05, 0) is 49.3 Å². The van der Waals surface area contributed by atoms with Gasteiger partial charge in [-0.15, -0.1) is 11.8 Å². The molecule has 1 N–H and O–H groups in total. The summed E-state index contributed by atoms with van der Waals surface area (Å²) >= 11 is 1.82. The predicted molar refractivity (Wildman–Crippen MR) is 86.4 cm³/mol. The molecular formula is C16H21N3OS. The average Bonchev–Trinajstić information content (AvgIpc) is 2.54. The van der Waals surface area contributed by atoms with Crippen LogP contribution < -0.4 is 5.32 Å². The number of rotatable bonds is 4. The van der Waals surface area contributed by atoms with Crippen LogP contribution in [0.1, 0.15) is 26.2 Å². The first-order chi connectivity index (χ1) is 10.2. The van der Waals surface area contributed by atoms with Gasteiger partial charge in [-0.3, -0.25) is 0 Å².